The summed E-state index contributed by atoms with van der Waals surface area (Å²) in [5, 5.41) is 0. The minimum Gasteiger partial charge on any atom is -0.487 e. The van der Waals surface area contributed by atoms with E-state index in [-0.39, 0.29) is 10.2 Å². The Morgan fingerprint density at radius 3 is 1.64 bits per heavy atom. The van der Waals surface area contributed by atoms with Crippen molar-refractivity contribution in [1.82, 2.24) is 0 Å². The van der Waals surface area contributed by atoms with Gasteiger partial charge in [-0.1, -0.05) is 31.9 Å². The predicted molar refractivity (Wildman–Crippen MR) is 84.6 cm³/mol. The van der Waals surface area contributed by atoms with E-state index in [2.05, 4.69) is 36.6 Å². The molecule has 0 N–H and O–H groups in total. The molecule has 25 heavy (non-hydrogen) atoms. The summed E-state index contributed by atoms with van der Waals surface area (Å²) in [5.74, 6) is -6.35. The smallest absolute Gasteiger partial charge is 0.340 e. The van der Waals surface area contributed by atoms with Crippen LogP contribution in [0.3, 0.4) is 0 Å². The fourth-order valence-electron chi connectivity index (χ4n) is 1.37. The Hall–Kier alpha value is -1.29. The molecule has 0 atom stereocenters. The molecule has 0 unspecified atom stereocenters. The van der Waals surface area contributed by atoms with Crippen molar-refractivity contribution in [2.45, 2.75) is 12.3 Å². The molecule has 2 rings (SSSR count). The fourth-order valence-corrected chi connectivity index (χ4v) is 2.26. The molecule has 0 spiro atoms. The van der Waals surface area contributed by atoms with Crippen molar-refractivity contribution in [3.8, 4) is 5.75 Å². The van der Waals surface area contributed by atoms with E-state index in [1.165, 1.54) is 18.2 Å². The van der Waals surface area contributed by atoms with Gasteiger partial charge in [0, 0.05) is 21.1 Å². The molecule has 0 amide bonds. The first kappa shape index (κ1) is 21.8. The summed E-state index contributed by atoms with van der Waals surface area (Å²) in [6.07, 6.45) is -3.82. The van der Waals surface area contributed by atoms with Crippen LogP contribution in [0.4, 0.5) is 30.7 Å². The molecule has 10 heteroatoms. The van der Waals surface area contributed by atoms with E-state index in [1.54, 1.807) is 0 Å². The Morgan fingerprint density at radius 2 is 1.24 bits per heavy atom. The molecule has 0 heterocycles. The highest BCUT2D eigenvalue weighted by atomic mass is 79.9. The third-order valence-electron chi connectivity index (χ3n) is 2.41. The summed E-state index contributed by atoms with van der Waals surface area (Å²) >= 11 is 5.84. The third-order valence-corrected chi connectivity index (χ3v) is 3.33. The summed E-state index contributed by atoms with van der Waals surface area (Å²) < 4.78 is 90.6. The van der Waals surface area contributed by atoms with E-state index in [0.717, 1.165) is 18.2 Å². The summed E-state index contributed by atoms with van der Waals surface area (Å²) in [4.78, 5) is 0. The molecular weight excluding hydrogens is 489 g/mol. The molecule has 0 saturated heterocycles. The van der Waals surface area contributed by atoms with Gasteiger partial charge in [-0.05, 0) is 24.3 Å². The maximum atomic E-state index is 12.8. The Morgan fingerprint density at radius 1 is 0.800 bits per heavy atom. The molecule has 1 nitrogen and oxygen atoms in total. The Labute approximate surface area is 155 Å². The van der Waals surface area contributed by atoms with Crippen molar-refractivity contribution in [2.24, 2.45) is 0 Å². The molecule has 0 aromatic heterocycles. The van der Waals surface area contributed by atoms with Crippen LogP contribution in [0.15, 0.2) is 45.3 Å². The van der Waals surface area contributed by atoms with Gasteiger partial charge in [-0.15, -0.1) is 0 Å². The van der Waals surface area contributed by atoms with Crippen LogP contribution in [0.25, 0.3) is 0 Å². The Balaban J connectivity index is 0.000000293. The highest BCUT2D eigenvalue weighted by molar-refractivity contribution is 9.10. The van der Waals surface area contributed by atoms with Gasteiger partial charge in [0.25, 0.3) is 0 Å². The van der Waals surface area contributed by atoms with E-state index in [0.29, 0.717) is 4.47 Å². The number of ether oxygens (including phenoxy) is 1. The van der Waals surface area contributed by atoms with Gasteiger partial charge in [-0.25, -0.2) is 22.0 Å². The number of benzene rings is 2. The van der Waals surface area contributed by atoms with E-state index >= 15 is 0 Å². The molecule has 2 aromatic rings. The average molecular weight is 498 g/mol. The van der Waals surface area contributed by atoms with Gasteiger partial charge < -0.3 is 4.74 Å². The zero-order valence-electron chi connectivity index (χ0n) is 12.1. The SMILES string of the molecule is Fc1cc(Br)cc(OCC(F)(F)C(F)F)c1.Fc1cc(F)cc(Br)c1. The van der Waals surface area contributed by atoms with Crippen LogP contribution in [0.2, 0.25) is 0 Å². The first-order valence-electron chi connectivity index (χ1n) is 6.36. The van der Waals surface area contributed by atoms with Crippen molar-refractivity contribution in [3.05, 3.63) is 62.8 Å². The summed E-state index contributed by atoms with van der Waals surface area (Å²) in [7, 11) is 0. The maximum Gasteiger partial charge on any atom is 0.340 e. The average Bonchev–Trinajstić information content (AvgIpc) is 2.43. The molecular formula is C15H9Br2F7O. The lowest BCUT2D eigenvalue weighted by Gasteiger charge is -2.16. The zero-order valence-corrected chi connectivity index (χ0v) is 15.2. The van der Waals surface area contributed by atoms with E-state index in [4.69, 9.17) is 0 Å². The van der Waals surface area contributed by atoms with Gasteiger partial charge in [0.05, 0.1) is 0 Å². The quantitative estimate of drug-likeness (QED) is 0.433. The van der Waals surface area contributed by atoms with Gasteiger partial charge in [0.2, 0.25) is 0 Å². The summed E-state index contributed by atoms with van der Waals surface area (Å²) in [5.41, 5.74) is 0. The third kappa shape index (κ3) is 8.08. The Bertz CT molecular complexity index is 640. The lowest BCUT2D eigenvalue weighted by atomic mass is 10.3. The first-order valence-corrected chi connectivity index (χ1v) is 7.94. The van der Waals surface area contributed by atoms with Crippen molar-refractivity contribution < 1.29 is 35.5 Å². The molecule has 0 aliphatic carbocycles. The normalized spacial score (nSPS) is 11.1. The Kier molecular flexibility index (Phi) is 8.20. The topological polar surface area (TPSA) is 9.23 Å². The molecule has 138 valence electrons. The largest absolute Gasteiger partial charge is 0.487 e. The van der Waals surface area contributed by atoms with Crippen LogP contribution in [0.5, 0.6) is 5.75 Å². The number of hydrogen-bond donors (Lipinski definition) is 0. The maximum absolute atomic E-state index is 12.8. The van der Waals surface area contributed by atoms with E-state index < -0.39 is 36.4 Å². The van der Waals surface area contributed by atoms with Gasteiger partial charge in [-0.2, -0.15) is 8.78 Å². The molecule has 0 aliphatic rings. The number of halogens is 9. The van der Waals surface area contributed by atoms with Crippen LogP contribution in [0, 0.1) is 17.5 Å². The number of rotatable bonds is 4. The molecule has 0 fully saturated rings. The van der Waals surface area contributed by atoms with Crippen LogP contribution >= 0.6 is 31.9 Å². The van der Waals surface area contributed by atoms with Gasteiger partial charge in [0.1, 0.15) is 23.2 Å². The summed E-state index contributed by atoms with van der Waals surface area (Å²) in [6.45, 7) is -1.50. The minimum absolute atomic E-state index is 0.243. The fraction of sp³-hybridized carbons (Fsp3) is 0.200. The highest BCUT2D eigenvalue weighted by Crippen LogP contribution is 2.26. The highest BCUT2D eigenvalue weighted by Gasteiger charge is 2.41. The van der Waals surface area contributed by atoms with Gasteiger partial charge in [0.15, 0.2) is 6.61 Å². The summed E-state index contributed by atoms with van der Waals surface area (Å²) in [6, 6.07) is 6.33. The molecule has 2 aromatic carbocycles. The number of hydrogen-bond acceptors (Lipinski definition) is 1. The van der Waals surface area contributed by atoms with Crippen molar-refractivity contribution >= 4 is 31.9 Å². The van der Waals surface area contributed by atoms with Crippen molar-refractivity contribution in [2.75, 3.05) is 6.61 Å². The van der Waals surface area contributed by atoms with Crippen molar-refractivity contribution in [3.63, 3.8) is 0 Å². The van der Waals surface area contributed by atoms with Gasteiger partial charge >= 0.3 is 12.3 Å². The van der Waals surface area contributed by atoms with Gasteiger partial charge in [-0.3, -0.25) is 0 Å². The van der Waals surface area contributed by atoms with Crippen LogP contribution in [0.1, 0.15) is 0 Å². The molecule has 0 aliphatic heterocycles. The molecule has 0 saturated carbocycles. The van der Waals surface area contributed by atoms with E-state index in [9.17, 15) is 30.7 Å². The molecule has 0 bridgehead atoms. The molecule has 0 radical (unpaired) electrons. The van der Waals surface area contributed by atoms with Crippen molar-refractivity contribution in [1.29, 1.82) is 0 Å². The second-order valence-electron chi connectivity index (χ2n) is 4.54. The lowest BCUT2D eigenvalue weighted by Crippen LogP contribution is -2.33. The first-order chi connectivity index (χ1) is 11.5. The standard InChI is InChI=1S/C9H6BrF5O.C6H3BrF2/c10-5-1-6(11)3-7(2-5)16-4-9(14,15)8(12)13;7-4-1-5(8)3-6(9)2-4/h1-3,8H,4H2;1-3H. The predicted octanol–water partition coefficient (Wildman–Crippen LogP) is 6.59. The van der Waals surface area contributed by atoms with Crippen LogP contribution in [-0.2, 0) is 0 Å². The van der Waals surface area contributed by atoms with Crippen LogP contribution < -0.4 is 4.74 Å². The lowest BCUT2D eigenvalue weighted by molar-refractivity contribution is -0.148. The zero-order chi connectivity index (χ0) is 19.2. The van der Waals surface area contributed by atoms with Crippen LogP contribution in [-0.4, -0.2) is 19.0 Å². The second kappa shape index (κ2) is 9.42. The second-order valence-corrected chi connectivity index (χ2v) is 6.37. The minimum atomic E-state index is -4.25. The van der Waals surface area contributed by atoms with E-state index in [1.807, 2.05) is 0 Å². The monoisotopic (exact) mass is 496 g/mol. The number of alkyl halides is 4.